The molecule has 0 aliphatic rings. The average Bonchev–Trinajstić information content (AvgIpc) is 2.26. The molecule has 0 aliphatic carbocycles. The van der Waals surface area contributed by atoms with Gasteiger partial charge in [0.2, 0.25) is 0 Å². The molecule has 0 radical (unpaired) electrons. The van der Waals surface area contributed by atoms with Crippen molar-refractivity contribution in [1.82, 2.24) is 4.98 Å². The molecule has 1 heterocycles. The quantitative estimate of drug-likeness (QED) is 0.580. The van der Waals surface area contributed by atoms with Crippen LogP contribution < -0.4 is 10.5 Å². The predicted octanol–water partition coefficient (Wildman–Crippen LogP) is -0.728. The Balaban J connectivity index is 2.43. The smallest absolute Gasteiger partial charge is 0.137 e. The minimum atomic E-state index is -0.857. The van der Waals surface area contributed by atoms with E-state index in [0.29, 0.717) is 12.3 Å². The van der Waals surface area contributed by atoms with Crippen molar-refractivity contribution in [3.05, 3.63) is 24.0 Å². The zero-order valence-corrected chi connectivity index (χ0v) is 7.76. The molecule has 0 fully saturated rings. The van der Waals surface area contributed by atoms with E-state index in [4.69, 9.17) is 20.7 Å². The van der Waals surface area contributed by atoms with E-state index in [1.54, 1.807) is 12.1 Å². The van der Waals surface area contributed by atoms with Gasteiger partial charge in [-0.2, -0.15) is 0 Å². The second kappa shape index (κ2) is 5.54. The highest BCUT2D eigenvalue weighted by atomic mass is 16.5. The lowest BCUT2D eigenvalue weighted by molar-refractivity contribution is 0.0535. The summed E-state index contributed by atoms with van der Waals surface area (Å²) < 4.78 is 5.14. The Morgan fingerprint density at radius 3 is 2.79 bits per heavy atom. The van der Waals surface area contributed by atoms with E-state index in [1.165, 1.54) is 6.20 Å². The molecule has 5 nitrogen and oxygen atoms in total. The second-order valence-corrected chi connectivity index (χ2v) is 2.84. The molecular formula is C9H14N2O3. The molecule has 1 aromatic heterocycles. The van der Waals surface area contributed by atoms with Gasteiger partial charge < -0.3 is 20.7 Å². The Hall–Kier alpha value is -1.17. The fourth-order valence-electron chi connectivity index (χ4n) is 0.862. The van der Waals surface area contributed by atoms with Gasteiger partial charge in [0.15, 0.2) is 0 Å². The molecule has 0 saturated heterocycles. The van der Waals surface area contributed by atoms with E-state index < -0.39 is 6.10 Å². The minimum absolute atomic E-state index is 0.0557. The van der Waals surface area contributed by atoms with E-state index in [-0.39, 0.29) is 13.2 Å². The summed E-state index contributed by atoms with van der Waals surface area (Å²) in [5.41, 5.74) is 6.15. The van der Waals surface area contributed by atoms with Crippen LogP contribution in [0.4, 0.5) is 0 Å². The van der Waals surface area contributed by atoms with E-state index in [0.717, 1.165) is 5.69 Å². The first-order chi connectivity index (χ1) is 6.76. The van der Waals surface area contributed by atoms with Crippen molar-refractivity contribution in [2.45, 2.75) is 12.6 Å². The molecule has 0 aliphatic heterocycles. The van der Waals surface area contributed by atoms with Gasteiger partial charge in [-0.1, -0.05) is 0 Å². The predicted molar refractivity (Wildman–Crippen MR) is 50.7 cm³/mol. The molecule has 5 heteroatoms. The molecule has 14 heavy (non-hydrogen) atoms. The SMILES string of the molecule is NCc1ccc(OCC(O)CO)cn1. The molecule has 1 unspecified atom stereocenters. The van der Waals surface area contributed by atoms with Crippen molar-refractivity contribution in [2.24, 2.45) is 5.73 Å². The van der Waals surface area contributed by atoms with Crippen LogP contribution in [0, 0.1) is 0 Å². The van der Waals surface area contributed by atoms with Crippen LogP contribution in [0.25, 0.3) is 0 Å². The number of hydrogen-bond donors (Lipinski definition) is 3. The van der Waals surface area contributed by atoms with E-state index in [9.17, 15) is 0 Å². The van der Waals surface area contributed by atoms with Gasteiger partial charge >= 0.3 is 0 Å². The van der Waals surface area contributed by atoms with Gasteiger partial charge in [0.25, 0.3) is 0 Å². The van der Waals surface area contributed by atoms with Crippen LogP contribution >= 0.6 is 0 Å². The van der Waals surface area contributed by atoms with Gasteiger partial charge in [0, 0.05) is 6.54 Å². The zero-order valence-electron chi connectivity index (χ0n) is 7.76. The molecule has 0 amide bonds. The molecule has 1 aromatic rings. The summed E-state index contributed by atoms with van der Waals surface area (Å²) in [6.07, 6.45) is 0.677. The molecule has 0 bridgehead atoms. The van der Waals surface area contributed by atoms with Crippen molar-refractivity contribution < 1.29 is 14.9 Å². The summed E-state index contributed by atoms with van der Waals surface area (Å²) in [5.74, 6) is 0.551. The zero-order chi connectivity index (χ0) is 10.4. The molecular weight excluding hydrogens is 184 g/mol. The maximum Gasteiger partial charge on any atom is 0.137 e. The fraction of sp³-hybridized carbons (Fsp3) is 0.444. The number of nitrogens with zero attached hydrogens (tertiary/aromatic N) is 1. The molecule has 0 saturated carbocycles. The van der Waals surface area contributed by atoms with E-state index >= 15 is 0 Å². The van der Waals surface area contributed by atoms with Gasteiger partial charge in [-0.15, -0.1) is 0 Å². The fourth-order valence-corrected chi connectivity index (χ4v) is 0.862. The standard InChI is InChI=1S/C9H14N2O3/c10-3-7-1-2-9(4-11-7)14-6-8(13)5-12/h1-2,4,8,12-13H,3,5-6,10H2. The Kier molecular flexibility index (Phi) is 4.31. The van der Waals surface area contributed by atoms with Crippen LogP contribution in [0.3, 0.4) is 0 Å². The monoisotopic (exact) mass is 198 g/mol. The van der Waals surface area contributed by atoms with Crippen LogP contribution in [-0.2, 0) is 6.54 Å². The minimum Gasteiger partial charge on any atom is -0.489 e. The van der Waals surface area contributed by atoms with Crippen molar-refractivity contribution in [3.63, 3.8) is 0 Å². The summed E-state index contributed by atoms with van der Waals surface area (Å²) in [7, 11) is 0. The highest BCUT2D eigenvalue weighted by Gasteiger charge is 2.02. The second-order valence-electron chi connectivity index (χ2n) is 2.84. The first-order valence-corrected chi connectivity index (χ1v) is 4.33. The normalized spacial score (nSPS) is 12.5. The maximum atomic E-state index is 9.00. The Labute approximate surface area is 82.2 Å². The highest BCUT2D eigenvalue weighted by Crippen LogP contribution is 2.08. The van der Waals surface area contributed by atoms with Gasteiger partial charge in [0.05, 0.1) is 18.5 Å². The van der Waals surface area contributed by atoms with Gasteiger partial charge in [-0.25, -0.2) is 0 Å². The number of aliphatic hydroxyl groups is 2. The summed E-state index contributed by atoms with van der Waals surface area (Å²) >= 11 is 0. The number of aliphatic hydroxyl groups excluding tert-OH is 2. The number of aromatic nitrogens is 1. The molecule has 0 aromatic carbocycles. The van der Waals surface area contributed by atoms with Crippen molar-refractivity contribution in [1.29, 1.82) is 0 Å². The molecule has 1 rings (SSSR count). The molecule has 4 N–H and O–H groups in total. The molecule has 78 valence electrons. The van der Waals surface area contributed by atoms with Gasteiger partial charge in [0.1, 0.15) is 18.5 Å². The number of hydrogen-bond acceptors (Lipinski definition) is 5. The first-order valence-electron chi connectivity index (χ1n) is 4.33. The van der Waals surface area contributed by atoms with E-state index in [1.807, 2.05) is 0 Å². The van der Waals surface area contributed by atoms with Crippen LogP contribution in [0.5, 0.6) is 5.75 Å². The molecule has 1 atom stereocenters. The Morgan fingerprint density at radius 1 is 1.50 bits per heavy atom. The number of pyridine rings is 1. The Bertz CT molecular complexity index is 263. The van der Waals surface area contributed by atoms with E-state index in [2.05, 4.69) is 4.98 Å². The van der Waals surface area contributed by atoms with Gasteiger partial charge in [-0.05, 0) is 12.1 Å². The van der Waals surface area contributed by atoms with Crippen molar-refractivity contribution in [3.8, 4) is 5.75 Å². The highest BCUT2D eigenvalue weighted by molar-refractivity contribution is 5.19. The van der Waals surface area contributed by atoms with Crippen molar-refractivity contribution in [2.75, 3.05) is 13.2 Å². The van der Waals surface area contributed by atoms with Crippen molar-refractivity contribution >= 4 is 0 Å². The number of rotatable bonds is 5. The third kappa shape index (κ3) is 3.29. The van der Waals surface area contributed by atoms with Gasteiger partial charge in [-0.3, -0.25) is 4.98 Å². The van der Waals surface area contributed by atoms with Crippen LogP contribution in [-0.4, -0.2) is 34.5 Å². The first kappa shape index (κ1) is 10.9. The number of ether oxygens (including phenoxy) is 1. The summed E-state index contributed by atoms with van der Waals surface area (Å²) in [6.45, 7) is 0.133. The number of nitrogens with two attached hydrogens (primary N) is 1. The lowest BCUT2D eigenvalue weighted by atomic mass is 10.3. The summed E-state index contributed by atoms with van der Waals surface area (Å²) in [4.78, 5) is 4.01. The average molecular weight is 198 g/mol. The Morgan fingerprint density at radius 2 is 2.29 bits per heavy atom. The third-order valence-electron chi connectivity index (χ3n) is 1.66. The largest absolute Gasteiger partial charge is 0.489 e. The third-order valence-corrected chi connectivity index (χ3v) is 1.66. The maximum absolute atomic E-state index is 9.00. The summed E-state index contributed by atoms with van der Waals surface area (Å²) in [6, 6.07) is 3.47. The summed E-state index contributed by atoms with van der Waals surface area (Å²) in [5, 5.41) is 17.5. The van der Waals surface area contributed by atoms with Crippen LogP contribution in [0.2, 0.25) is 0 Å². The lowest BCUT2D eigenvalue weighted by Crippen LogP contribution is -2.21. The van der Waals surface area contributed by atoms with Crippen LogP contribution in [0.1, 0.15) is 5.69 Å². The van der Waals surface area contributed by atoms with Crippen LogP contribution in [0.15, 0.2) is 18.3 Å². The lowest BCUT2D eigenvalue weighted by Gasteiger charge is -2.09. The topological polar surface area (TPSA) is 88.6 Å². The molecule has 0 spiro atoms.